The van der Waals surface area contributed by atoms with Gasteiger partial charge in [-0.05, 0) is 32.9 Å². The molecule has 0 radical (unpaired) electrons. The van der Waals surface area contributed by atoms with Crippen LogP contribution in [0.2, 0.25) is 0 Å². The number of imide groups is 1. The maximum Gasteiger partial charge on any atom is 0.285 e. The van der Waals surface area contributed by atoms with Crippen LogP contribution in [0.3, 0.4) is 0 Å². The molecule has 2 rings (SSSR count). The predicted octanol–water partition coefficient (Wildman–Crippen LogP) is 2.01. The van der Waals surface area contributed by atoms with Crippen LogP contribution in [0.1, 0.15) is 41.5 Å². The molecule has 1 aliphatic rings. The molecule has 0 aliphatic carbocycles. The van der Waals surface area contributed by atoms with Gasteiger partial charge in [0.2, 0.25) is 0 Å². The van der Waals surface area contributed by atoms with Crippen molar-refractivity contribution < 1.29 is 14.4 Å². The Bertz CT molecular complexity index is 425. The summed E-state index contributed by atoms with van der Waals surface area (Å²) in [5, 5.41) is 0.838. The Balaban J connectivity index is 2.36. The molecular weight excluding hydrogens is 206 g/mol. The van der Waals surface area contributed by atoms with Gasteiger partial charge in [0, 0.05) is 0 Å². The second kappa shape index (κ2) is 3.42. The van der Waals surface area contributed by atoms with Crippen LogP contribution >= 0.6 is 0 Å². The van der Waals surface area contributed by atoms with Crippen molar-refractivity contribution in [3.8, 4) is 0 Å². The van der Waals surface area contributed by atoms with Crippen molar-refractivity contribution in [3.05, 3.63) is 35.4 Å². The van der Waals surface area contributed by atoms with E-state index in [2.05, 4.69) is 0 Å². The smallest absolute Gasteiger partial charge is 0.266 e. The first-order valence-electron chi connectivity index (χ1n) is 5.07. The Morgan fingerprint density at radius 2 is 1.44 bits per heavy atom. The maximum atomic E-state index is 11.9. The van der Waals surface area contributed by atoms with E-state index in [-0.39, 0.29) is 0 Å². The standard InChI is InChI=1S/C12H13NO3/c1-12(2,3)16-13-10(14)8-6-4-5-7-9(8)11(13)15/h4-7H,1-3H3. The number of carbonyl (C=O) groups is 2. The van der Waals surface area contributed by atoms with Gasteiger partial charge in [-0.15, -0.1) is 5.06 Å². The van der Waals surface area contributed by atoms with Crippen LogP contribution in [0.15, 0.2) is 24.3 Å². The number of carbonyl (C=O) groups excluding carboxylic acids is 2. The largest absolute Gasteiger partial charge is 0.285 e. The molecule has 0 atom stereocenters. The number of hydrogen-bond acceptors (Lipinski definition) is 3. The van der Waals surface area contributed by atoms with E-state index in [9.17, 15) is 9.59 Å². The molecule has 0 saturated carbocycles. The molecule has 0 N–H and O–H groups in total. The minimum atomic E-state index is -0.576. The average Bonchev–Trinajstić information content (AvgIpc) is 2.43. The van der Waals surface area contributed by atoms with Crippen molar-refractivity contribution in [1.29, 1.82) is 0 Å². The van der Waals surface area contributed by atoms with E-state index in [1.807, 2.05) is 0 Å². The second-order valence-corrected chi connectivity index (χ2v) is 4.65. The van der Waals surface area contributed by atoms with Crippen LogP contribution in [0.5, 0.6) is 0 Å². The van der Waals surface area contributed by atoms with Gasteiger partial charge in [0.15, 0.2) is 0 Å². The SMILES string of the molecule is CC(C)(C)ON1C(=O)c2ccccc2C1=O. The molecule has 0 fully saturated rings. The minimum absolute atomic E-state index is 0.393. The number of rotatable bonds is 1. The highest BCUT2D eigenvalue weighted by Gasteiger charge is 2.38. The van der Waals surface area contributed by atoms with Crippen molar-refractivity contribution in [1.82, 2.24) is 5.06 Å². The lowest BCUT2D eigenvalue weighted by Gasteiger charge is -2.24. The number of amides is 2. The highest BCUT2D eigenvalue weighted by atomic mass is 16.7. The molecule has 4 heteroatoms. The number of hydroxylamine groups is 2. The second-order valence-electron chi connectivity index (χ2n) is 4.65. The van der Waals surface area contributed by atoms with Gasteiger partial charge in [0.05, 0.1) is 16.7 Å². The predicted molar refractivity (Wildman–Crippen MR) is 57.8 cm³/mol. The van der Waals surface area contributed by atoms with E-state index in [4.69, 9.17) is 4.84 Å². The van der Waals surface area contributed by atoms with Gasteiger partial charge in [-0.2, -0.15) is 0 Å². The lowest BCUT2D eigenvalue weighted by Crippen LogP contribution is -2.37. The molecule has 4 nitrogen and oxygen atoms in total. The molecule has 84 valence electrons. The summed E-state index contributed by atoms with van der Waals surface area (Å²) in [4.78, 5) is 29.1. The fraction of sp³-hybridized carbons (Fsp3) is 0.333. The van der Waals surface area contributed by atoms with E-state index in [1.165, 1.54) is 0 Å². The van der Waals surface area contributed by atoms with Crippen LogP contribution in [-0.4, -0.2) is 22.5 Å². The summed E-state index contributed by atoms with van der Waals surface area (Å²) in [6.45, 7) is 5.36. The van der Waals surface area contributed by atoms with E-state index < -0.39 is 17.4 Å². The van der Waals surface area contributed by atoms with Crippen molar-refractivity contribution in [2.75, 3.05) is 0 Å². The average molecular weight is 219 g/mol. The van der Waals surface area contributed by atoms with Crippen molar-refractivity contribution >= 4 is 11.8 Å². The summed E-state index contributed by atoms with van der Waals surface area (Å²) >= 11 is 0. The van der Waals surface area contributed by atoms with E-state index >= 15 is 0 Å². The molecule has 0 unspecified atom stereocenters. The first-order valence-corrected chi connectivity index (χ1v) is 5.07. The summed E-state index contributed by atoms with van der Waals surface area (Å²) in [7, 11) is 0. The van der Waals surface area contributed by atoms with Crippen LogP contribution in [0.25, 0.3) is 0 Å². The molecule has 1 heterocycles. The topological polar surface area (TPSA) is 46.6 Å². The molecule has 0 spiro atoms. The van der Waals surface area contributed by atoms with Gasteiger partial charge in [-0.3, -0.25) is 14.4 Å². The van der Waals surface area contributed by atoms with E-state index in [1.54, 1.807) is 45.0 Å². The van der Waals surface area contributed by atoms with Crippen LogP contribution in [0.4, 0.5) is 0 Å². The fourth-order valence-corrected chi connectivity index (χ4v) is 1.52. The van der Waals surface area contributed by atoms with E-state index in [0.29, 0.717) is 11.1 Å². The zero-order chi connectivity index (χ0) is 11.9. The van der Waals surface area contributed by atoms with Crippen LogP contribution in [-0.2, 0) is 4.84 Å². The number of nitrogens with zero attached hydrogens (tertiary/aromatic N) is 1. The van der Waals surface area contributed by atoms with Gasteiger partial charge in [0.25, 0.3) is 11.8 Å². The van der Waals surface area contributed by atoms with E-state index in [0.717, 1.165) is 5.06 Å². The molecule has 2 amide bonds. The molecule has 1 aromatic carbocycles. The molecule has 1 aliphatic heterocycles. The highest BCUT2D eigenvalue weighted by molar-refractivity contribution is 6.20. The van der Waals surface area contributed by atoms with Crippen LogP contribution in [0, 0.1) is 0 Å². The Kier molecular flexibility index (Phi) is 2.31. The monoisotopic (exact) mass is 219 g/mol. The summed E-state index contributed by atoms with van der Waals surface area (Å²) in [5.74, 6) is -0.786. The lowest BCUT2D eigenvalue weighted by molar-refractivity contribution is -0.165. The zero-order valence-corrected chi connectivity index (χ0v) is 9.48. The van der Waals surface area contributed by atoms with Crippen molar-refractivity contribution in [2.24, 2.45) is 0 Å². The molecule has 0 saturated heterocycles. The number of fused-ring (bicyclic) bond motifs is 1. The molecule has 1 aromatic rings. The molecule has 16 heavy (non-hydrogen) atoms. The van der Waals surface area contributed by atoms with Crippen LogP contribution < -0.4 is 0 Å². The van der Waals surface area contributed by atoms with Crippen molar-refractivity contribution in [2.45, 2.75) is 26.4 Å². The van der Waals surface area contributed by atoms with Gasteiger partial charge >= 0.3 is 0 Å². The quantitative estimate of drug-likeness (QED) is 0.679. The Labute approximate surface area is 93.8 Å². The summed E-state index contributed by atoms with van der Waals surface area (Å²) in [6, 6.07) is 6.71. The Hall–Kier alpha value is -1.68. The molecule has 0 aromatic heterocycles. The minimum Gasteiger partial charge on any atom is -0.266 e. The summed E-state index contributed by atoms with van der Waals surface area (Å²) in [5.41, 5.74) is 0.224. The Morgan fingerprint density at radius 1 is 1.00 bits per heavy atom. The third-order valence-electron chi connectivity index (χ3n) is 2.12. The first-order chi connectivity index (χ1) is 7.40. The third-order valence-corrected chi connectivity index (χ3v) is 2.12. The molecular formula is C12H13NO3. The van der Waals surface area contributed by atoms with Crippen molar-refractivity contribution in [3.63, 3.8) is 0 Å². The highest BCUT2D eigenvalue weighted by Crippen LogP contribution is 2.25. The summed E-state index contributed by atoms with van der Waals surface area (Å²) in [6.07, 6.45) is 0. The summed E-state index contributed by atoms with van der Waals surface area (Å²) < 4.78 is 0. The first kappa shape index (κ1) is 10.8. The van der Waals surface area contributed by atoms with Gasteiger partial charge in [-0.25, -0.2) is 0 Å². The maximum absolute atomic E-state index is 11.9. The zero-order valence-electron chi connectivity index (χ0n) is 9.48. The van der Waals surface area contributed by atoms with Gasteiger partial charge < -0.3 is 0 Å². The number of benzene rings is 1. The lowest BCUT2D eigenvalue weighted by atomic mass is 10.1. The third kappa shape index (κ3) is 1.72. The number of hydrogen-bond donors (Lipinski definition) is 0. The Morgan fingerprint density at radius 3 is 1.81 bits per heavy atom. The fourth-order valence-electron chi connectivity index (χ4n) is 1.52. The van der Waals surface area contributed by atoms with Gasteiger partial charge in [-0.1, -0.05) is 12.1 Å². The molecule has 0 bridgehead atoms. The van der Waals surface area contributed by atoms with Gasteiger partial charge in [0.1, 0.15) is 0 Å². The normalized spacial score (nSPS) is 15.6.